The second kappa shape index (κ2) is 3.77. The third-order valence-electron chi connectivity index (χ3n) is 3.20. The second-order valence-electron chi connectivity index (χ2n) is 4.67. The van der Waals surface area contributed by atoms with Crippen molar-refractivity contribution in [3.8, 4) is 0 Å². The van der Waals surface area contributed by atoms with Crippen molar-refractivity contribution in [3.63, 3.8) is 0 Å². The van der Waals surface area contributed by atoms with Gasteiger partial charge in [0.1, 0.15) is 12.2 Å². The number of methoxy groups -OCH3 is 1. The highest BCUT2D eigenvalue weighted by Gasteiger charge is 2.62. The van der Waals surface area contributed by atoms with Crippen molar-refractivity contribution in [1.82, 2.24) is 0 Å². The van der Waals surface area contributed by atoms with E-state index < -0.39 is 23.8 Å². The van der Waals surface area contributed by atoms with Gasteiger partial charge in [-0.15, -0.1) is 0 Å². The smallest absolute Gasteiger partial charge is 0.187 e. The molecule has 0 radical (unpaired) electrons. The SMILES string of the molecule is CC[C@@]1(C=O)O[C@@H](OC)C2OC(C)(C)O[C@H]21. The first-order valence-corrected chi connectivity index (χ1v) is 5.50. The summed E-state index contributed by atoms with van der Waals surface area (Å²) in [6.07, 6.45) is 0.0582. The van der Waals surface area contributed by atoms with Gasteiger partial charge >= 0.3 is 0 Å². The average Bonchev–Trinajstić information content (AvgIpc) is 2.70. The molecule has 16 heavy (non-hydrogen) atoms. The van der Waals surface area contributed by atoms with Crippen LogP contribution in [0.4, 0.5) is 0 Å². The molecule has 5 heteroatoms. The first-order chi connectivity index (χ1) is 7.48. The van der Waals surface area contributed by atoms with Crippen LogP contribution in [0.3, 0.4) is 0 Å². The van der Waals surface area contributed by atoms with Gasteiger partial charge < -0.3 is 23.7 Å². The molecule has 5 nitrogen and oxygen atoms in total. The van der Waals surface area contributed by atoms with Gasteiger partial charge in [-0.05, 0) is 20.3 Å². The third-order valence-corrected chi connectivity index (χ3v) is 3.20. The molecule has 0 aromatic heterocycles. The first kappa shape index (κ1) is 12.0. The molecule has 0 amide bonds. The van der Waals surface area contributed by atoms with Crippen LogP contribution in [0, 0.1) is 0 Å². The van der Waals surface area contributed by atoms with Crippen LogP contribution < -0.4 is 0 Å². The van der Waals surface area contributed by atoms with E-state index in [-0.39, 0.29) is 6.10 Å². The predicted octanol–water partition coefficient (Wildman–Crippen LogP) is 0.857. The van der Waals surface area contributed by atoms with E-state index in [1.165, 1.54) is 7.11 Å². The van der Waals surface area contributed by atoms with E-state index in [0.717, 1.165) is 6.29 Å². The van der Waals surface area contributed by atoms with Crippen LogP contribution in [-0.4, -0.2) is 43.3 Å². The van der Waals surface area contributed by atoms with E-state index in [4.69, 9.17) is 18.9 Å². The van der Waals surface area contributed by atoms with E-state index in [1.54, 1.807) is 0 Å². The summed E-state index contributed by atoms with van der Waals surface area (Å²) >= 11 is 0. The molecular weight excluding hydrogens is 212 g/mol. The van der Waals surface area contributed by atoms with Crippen LogP contribution in [0.15, 0.2) is 0 Å². The van der Waals surface area contributed by atoms with Crippen molar-refractivity contribution in [2.75, 3.05) is 7.11 Å². The zero-order valence-electron chi connectivity index (χ0n) is 10.1. The molecule has 4 atom stereocenters. The maximum absolute atomic E-state index is 11.3. The van der Waals surface area contributed by atoms with Crippen LogP contribution in [-0.2, 0) is 23.7 Å². The van der Waals surface area contributed by atoms with Gasteiger partial charge in [-0.1, -0.05) is 6.92 Å². The molecule has 92 valence electrons. The molecule has 0 bridgehead atoms. The van der Waals surface area contributed by atoms with E-state index in [2.05, 4.69) is 0 Å². The third kappa shape index (κ3) is 1.59. The second-order valence-corrected chi connectivity index (χ2v) is 4.67. The predicted molar refractivity (Wildman–Crippen MR) is 54.8 cm³/mol. The molecule has 0 N–H and O–H groups in total. The molecule has 0 aromatic carbocycles. The molecule has 2 rings (SSSR count). The number of carbonyl (C=O) groups is 1. The van der Waals surface area contributed by atoms with Crippen molar-refractivity contribution >= 4 is 6.29 Å². The highest BCUT2D eigenvalue weighted by atomic mass is 16.8. The molecular formula is C11H18O5. The molecule has 2 aliphatic heterocycles. The molecule has 0 aliphatic carbocycles. The van der Waals surface area contributed by atoms with Gasteiger partial charge in [0.2, 0.25) is 0 Å². The fourth-order valence-electron chi connectivity index (χ4n) is 2.36. The van der Waals surface area contributed by atoms with Gasteiger partial charge in [-0.25, -0.2) is 0 Å². The number of fused-ring (bicyclic) bond motifs is 1. The number of carbonyl (C=O) groups excluding carboxylic acids is 1. The Bertz CT molecular complexity index is 290. The Kier molecular flexibility index (Phi) is 2.82. The van der Waals surface area contributed by atoms with Crippen molar-refractivity contribution in [2.45, 2.75) is 57.1 Å². The first-order valence-electron chi connectivity index (χ1n) is 5.50. The van der Waals surface area contributed by atoms with Gasteiger partial charge in [-0.3, -0.25) is 0 Å². The Morgan fingerprint density at radius 3 is 2.50 bits per heavy atom. The van der Waals surface area contributed by atoms with Crippen molar-refractivity contribution in [1.29, 1.82) is 0 Å². The lowest BCUT2D eigenvalue weighted by atomic mass is 9.94. The molecule has 2 aliphatic rings. The Morgan fingerprint density at radius 1 is 1.31 bits per heavy atom. The zero-order valence-corrected chi connectivity index (χ0v) is 10.1. The Balaban J connectivity index is 2.30. The van der Waals surface area contributed by atoms with Crippen LogP contribution >= 0.6 is 0 Å². The highest BCUT2D eigenvalue weighted by Crippen LogP contribution is 2.44. The summed E-state index contributed by atoms with van der Waals surface area (Å²) in [5.41, 5.74) is -0.945. The van der Waals surface area contributed by atoms with Gasteiger partial charge in [0.25, 0.3) is 0 Å². The lowest BCUT2D eigenvalue weighted by Crippen LogP contribution is -2.44. The summed E-state index contributed by atoms with van der Waals surface area (Å²) in [6.45, 7) is 5.53. The summed E-state index contributed by atoms with van der Waals surface area (Å²) in [4.78, 5) is 11.3. The van der Waals surface area contributed by atoms with Crippen molar-refractivity contribution in [3.05, 3.63) is 0 Å². The fourth-order valence-corrected chi connectivity index (χ4v) is 2.36. The quantitative estimate of drug-likeness (QED) is 0.673. The minimum atomic E-state index is -0.945. The van der Waals surface area contributed by atoms with E-state index in [0.29, 0.717) is 6.42 Å². The van der Waals surface area contributed by atoms with Crippen molar-refractivity contribution in [2.24, 2.45) is 0 Å². The number of aldehydes is 1. The normalized spacial score (nSPS) is 45.6. The largest absolute Gasteiger partial charge is 0.353 e. The summed E-state index contributed by atoms with van der Waals surface area (Å²) in [7, 11) is 1.53. The highest BCUT2D eigenvalue weighted by molar-refractivity contribution is 5.65. The molecule has 0 saturated carbocycles. The van der Waals surface area contributed by atoms with Gasteiger partial charge in [0.05, 0.1) is 0 Å². The zero-order chi connectivity index (χ0) is 12.0. The monoisotopic (exact) mass is 230 g/mol. The van der Waals surface area contributed by atoms with Gasteiger partial charge in [0.15, 0.2) is 24.0 Å². The van der Waals surface area contributed by atoms with Crippen LogP contribution in [0.25, 0.3) is 0 Å². The number of ether oxygens (including phenoxy) is 4. The Hall–Kier alpha value is -0.490. The lowest BCUT2D eigenvalue weighted by molar-refractivity contribution is -0.243. The summed E-state index contributed by atoms with van der Waals surface area (Å²) < 4.78 is 22.3. The topological polar surface area (TPSA) is 54.0 Å². The summed E-state index contributed by atoms with van der Waals surface area (Å²) in [6, 6.07) is 0. The van der Waals surface area contributed by atoms with Crippen LogP contribution in [0.2, 0.25) is 0 Å². The summed E-state index contributed by atoms with van der Waals surface area (Å²) in [5, 5.41) is 0. The van der Waals surface area contributed by atoms with E-state index in [9.17, 15) is 4.79 Å². The van der Waals surface area contributed by atoms with Gasteiger partial charge in [0, 0.05) is 7.11 Å². The standard InChI is InChI=1S/C11H18O5/c1-5-11(6-12)8-7(9(13-4)16-11)14-10(2,3)15-8/h6-9H,5H2,1-4H3/t7?,8-,9-,11+/m1/s1. The van der Waals surface area contributed by atoms with Crippen molar-refractivity contribution < 1.29 is 23.7 Å². The maximum atomic E-state index is 11.3. The van der Waals surface area contributed by atoms with Crippen LogP contribution in [0.1, 0.15) is 27.2 Å². The van der Waals surface area contributed by atoms with E-state index in [1.807, 2.05) is 20.8 Å². The average molecular weight is 230 g/mol. The maximum Gasteiger partial charge on any atom is 0.187 e. The van der Waals surface area contributed by atoms with Crippen LogP contribution in [0.5, 0.6) is 0 Å². The minimum absolute atomic E-state index is 0.342. The lowest BCUT2D eigenvalue weighted by Gasteiger charge is -2.28. The fraction of sp³-hybridized carbons (Fsp3) is 0.909. The molecule has 0 aromatic rings. The van der Waals surface area contributed by atoms with E-state index >= 15 is 0 Å². The number of hydrogen-bond acceptors (Lipinski definition) is 5. The molecule has 1 unspecified atom stereocenters. The Morgan fingerprint density at radius 2 is 2.00 bits per heavy atom. The molecule has 2 fully saturated rings. The molecule has 2 heterocycles. The molecule has 2 saturated heterocycles. The number of hydrogen-bond donors (Lipinski definition) is 0. The van der Waals surface area contributed by atoms with Gasteiger partial charge in [-0.2, -0.15) is 0 Å². The number of rotatable bonds is 3. The minimum Gasteiger partial charge on any atom is -0.353 e. The summed E-state index contributed by atoms with van der Waals surface area (Å²) in [5.74, 6) is -0.695. The molecule has 0 spiro atoms. The Labute approximate surface area is 95.0 Å².